The molecule has 2 aliphatic heterocycles. The maximum atomic E-state index is 5.93. The van der Waals surface area contributed by atoms with Gasteiger partial charge in [-0.2, -0.15) is 11.8 Å². The van der Waals surface area contributed by atoms with Gasteiger partial charge in [0.15, 0.2) is 0 Å². The van der Waals surface area contributed by atoms with Gasteiger partial charge in [-0.15, -0.1) is 11.6 Å². The van der Waals surface area contributed by atoms with E-state index < -0.39 is 0 Å². The molecule has 2 heterocycles. The van der Waals surface area contributed by atoms with E-state index in [-0.39, 0.29) is 11.7 Å². The predicted octanol–water partition coefficient (Wildman–Crippen LogP) is 2.21. The Morgan fingerprint density at radius 3 is 2.93 bits per heavy atom. The Kier molecular flexibility index (Phi) is 3.87. The van der Waals surface area contributed by atoms with Gasteiger partial charge in [0.25, 0.3) is 0 Å². The topological polar surface area (TPSA) is 12.5 Å². The predicted molar refractivity (Wildman–Crippen MR) is 67.0 cm³/mol. The highest BCUT2D eigenvalue weighted by Gasteiger charge is 2.36. The van der Waals surface area contributed by atoms with Gasteiger partial charge in [-0.05, 0) is 26.0 Å². The number of thioether (sulfide) groups is 1. The Labute approximate surface area is 102 Å². The Morgan fingerprint density at radius 2 is 2.33 bits per heavy atom. The summed E-state index contributed by atoms with van der Waals surface area (Å²) in [6.45, 7) is 6.39. The summed E-state index contributed by atoms with van der Waals surface area (Å²) in [5.74, 6) is 3.21. The maximum Gasteiger partial charge on any atom is 0.0845 e. The summed E-state index contributed by atoms with van der Waals surface area (Å²) in [7, 11) is 0. The van der Waals surface area contributed by atoms with Crippen LogP contribution in [-0.4, -0.2) is 53.1 Å². The molecular formula is C11H20ClNOS. The Morgan fingerprint density at radius 1 is 1.53 bits per heavy atom. The third-order valence-electron chi connectivity index (χ3n) is 3.10. The molecule has 0 bridgehead atoms. The molecular weight excluding hydrogens is 230 g/mol. The van der Waals surface area contributed by atoms with Gasteiger partial charge in [-0.1, -0.05) is 0 Å². The van der Waals surface area contributed by atoms with Crippen LogP contribution in [0, 0.1) is 0 Å². The summed E-state index contributed by atoms with van der Waals surface area (Å²) in [6, 6.07) is 0.754. The summed E-state index contributed by atoms with van der Waals surface area (Å²) in [4.78, 5) is 2.58. The lowest BCUT2D eigenvalue weighted by Crippen LogP contribution is -2.56. The Balaban J connectivity index is 1.98. The van der Waals surface area contributed by atoms with E-state index in [0.29, 0.717) is 5.88 Å². The fraction of sp³-hybridized carbons (Fsp3) is 1.00. The largest absolute Gasteiger partial charge is 0.368 e. The standard InChI is InChI=1S/C11H20ClNOS/c1-11(2)8-13(6-10(5-12)14-11)9-3-4-15-7-9/h9-10H,3-8H2,1-2H3. The fourth-order valence-electron chi connectivity index (χ4n) is 2.51. The van der Waals surface area contributed by atoms with Gasteiger partial charge in [-0.25, -0.2) is 0 Å². The number of halogens is 1. The van der Waals surface area contributed by atoms with E-state index in [1.807, 2.05) is 0 Å². The average molecular weight is 250 g/mol. The smallest absolute Gasteiger partial charge is 0.0845 e. The van der Waals surface area contributed by atoms with Crippen molar-refractivity contribution in [2.75, 3.05) is 30.5 Å². The van der Waals surface area contributed by atoms with Crippen LogP contribution in [0.5, 0.6) is 0 Å². The lowest BCUT2D eigenvalue weighted by Gasteiger charge is -2.44. The summed E-state index contributed by atoms with van der Waals surface area (Å²) in [5.41, 5.74) is -0.0366. The molecule has 2 rings (SSSR count). The zero-order valence-corrected chi connectivity index (χ0v) is 11.1. The molecule has 0 aliphatic carbocycles. The van der Waals surface area contributed by atoms with Gasteiger partial charge in [0.1, 0.15) is 0 Å². The van der Waals surface area contributed by atoms with Crippen LogP contribution in [0.15, 0.2) is 0 Å². The minimum absolute atomic E-state index is 0.0366. The highest BCUT2D eigenvalue weighted by Crippen LogP contribution is 2.28. The van der Waals surface area contributed by atoms with Gasteiger partial charge in [0, 0.05) is 30.8 Å². The molecule has 0 amide bonds. The number of hydrogen-bond donors (Lipinski definition) is 0. The Hall–Kier alpha value is 0.560. The Bertz CT molecular complexity index is 219. The summed E-state index contributed by atoms with van der Waals surface area (Å²) in [6.07, 6.45) is 1.54. The first-order valence-corrected chi connectivity index (χ1v) is 7.35. The van der Waals surface area contributed by atoms with Crippen LogP contribution < -0.4 is 0 Å². The lowest BCUT2D eigenvalue weighted by atomic mass is 10.0. The van der Waals surface area contributed by atoms with Gasteiger partial charge >= 0.3 is 0 Å². The number of morpholine rings is 1. The van der Waals surface area contributed by atoms with Crippen molar-refractivity contribution in [2.45, 2.75) is 38.0 Å². The lowest BCUT2D eigenvalue weighted by molar-refractivity contribution is -0.134. The van der Waals surface area contributed by atoms with E-state index in [1.165, 1.54) is 17.9 Å². The molecule has 0 aromatic carbocycles. The first-order valence-electron chi connectivity index (χ1n) is 5.66. The number of hydrogen-bond acceptors (Lipinski definition) is 3. The van der Waals surface area contributed by atoms with Crippen molar-refractivity contribution in [3.05, 3.63) is 0 Å². The SMILES string of the molecule is CC1(C)CN(C2CCSC2)CC(CCl)O1. The zero-order chi connectivity index (χ0) is 10.9. The monoisotopic (exact) mass is 249 g/mol. The van der Waals surface area contributed by atoms with Crippen LogP contribution in [0.2, 0.25) is 0 Å². The molecule has 2 saturated heterocycles. The first-order chi connectivity index (χ1) is 7.11. The van der Waals surface area contributed by atoms with Gasteiger partial charge < -0.3 is 4.74 Å². The van der Waals surface area contributed by atoms with E-state index in [1.54, 1.807) is 0 Å². The maximum absolute atomic E-state index is 5.93. The van der Waals surface area contributed by atoms with Crippen molar-refractivity contribution in [2.24, 2.45) is 0 Å². The molecule has 4 heteroatoms. The molecule has 0 aromatic heterocycles. The van der Waals surface area contributed by atoms with Crippen LogP contribution in [0.3, 0.4) is 0 Å². The zero-order valence-electron chi connectivity index (χ0n) is 9.54. The van der Waals surface area contributed by atoms with Crippen LogP contribution in [0.1, 0.15) is 20.3 Å². The summed E-state index contributed by atoms with van der Waals surface area (Å²) >= 11 is 7.99. The van der Waals surface area contributed by atoms with Crippen molar-refractivity contribution in [1.29, 1.82) is 0 Å². The highest BCUT2D eigenvalue weighted by atomic mass is 35.5. The van der Waals surface area contributed by atoms with Gasteiger partial charge in [-0.3, -0.25) is 4.90 Å². The molecule has 0 radical (unpaired) electrons. The third-order valence-corrected chi connectivity index (χ3v) is 4.59. The minimum atomic E-state index is -0.0366. The van der Waals surface area contributed by atoms with E-state index in [2.05, 4.69) is 30.5 Å². The van der Waals surface area contributed by atoms with Crippen LogP contribution in [-0.2, 0) is 4.74 Å². The van der Waals surface area contributed by atoms with Crippen LogP contribution in [0.4, 0.5) is 0 Å². The first kappa shape index (κ1) is 12.0. The fourth-order valence-corrected chi connectivity index (χ4v) is 3.92. The number of alkyl halides is 1. The summed E-state index contributed by atoms with van der Waals surface area (Å²) in [5, 5.41) is 0. The number of ether oxygens (including phenoxy) is 1. The van der Waals surface area contributed by atoms with E-state index in [0.717, 1.165) is 19.1 Å². The van der Waals surface area contributed by atoms with Crippen molar-refractivity contribution in [3.63, 3.8) is 0 Å². The molecule has 0 spiro atoms. The highest BCUT2D eigenvalue weighted by molar-refractivity contribution is 7.99. The second-order valence-electron chi connectivity index (χ2n) is 5.10. The quantitative estimate of drug-likeness (QED) is 0.697. The molecule has 2 nitrogen and oxygen atoms in total. The van der Waals surface area contributed by atoms with E-state index in [4.69, 9.17) is 16.3 Å². The second kappa shape index (κ2) is 4.82. The van der Waals surface area contributed by atoms with E-state index >= 15 is 0 Å². The van der Waals surface area contributed by atoms with Crippen LogP contribution in [0.25, 0.3) is 0 Å². The molecule has 0 saturated carbocycles. The molecule has 2 unspecified atom stereocenters. The van der Waals surface area contributed by atoms with Crippen molar-refractivity contribution >= 4 is 23.4 Å². The van der Waals surface area contributed by atoms with Gasteiger partial charge in [0.05, 0.1) is 11.7 Å². The molecule has 2 aliphatic rings. The molecule has 0 aromatic rings. The number of rotatable bonds is 2. The minimum Gasteiger partial charge on any atom is -0.368 e. The number of nitrogens with zero attached hydrogens (tertiary/aromatic N) is 1. The second-order valence-corrected chi connectivity index (χ2v) is 6.56. The normalized spacial score (nSPS) is 37.0. The van der Waals surface area contributed by atoms with Crippen molar-refractivity contribution in [3.8, 4) is 0 Å². The summed E-state index contributed by atoms with van der Waals surface area (Å²) < 4.78 is 5.93. The average Bonchev–Trinajstić information content (AvgIpc) is 2.68. The third kappa shape index (κ3) is 3.02. The van der Waals surface area contributed by atoms with E-state index in [9.17, 15) is 0 Å². The molecule has 2 atom stereocenters. The van der Waals surface area contributed by atoms with Gasteiger partial charge in [0.2, 0.25) is 0 Å². The van der Waals surface area contributed by atoms with Crippen molar-refractivity contribution in [1.82, 2.24) is 4.90 Å². The molecule has 15 heavy (non-hydrogen) atoms. The van der Waals surface area contributed by atoms with Crippen LogP contribution >= 0.6 is 23.4 Å². The molecule has 88 valence electrons. The molecule has 0 N–H and O–H groups in total. The van der Waals surface area contributed by atoms with Crippen molar-refractivity contribution < 1.29 is 4.74 Å². The molecule has 2 fully saturated rings.